The Hall–Kier alpha value is -0.560. The van der Waals surface area contributed by atoms with E-state index >= 15 is 0 Å². The van der Waals surface area contributed by atoms with Gasteiger partial charge in [-0.05, 0) is 39.8 Å². The lowest BCUT2D eigenvalue weighted by Gasteiger charge is -2.26. The van der Waals surface area contributed by atoms with E-state index in [0.717, 1.165) is 4.88 Å². The van der Waals surface area contributed by atoms with Gasteiger partial charge in [0.25, 0.3) is 0 Å². The van der Waals surface area contributed by atoms with Crippen molar-refractivity contribution in [2.75, 3.05) is 0 Å². The molecule has 6 heteroatoms. The summed E-state index contributed by atoms with van der Waals surface area (Å²) in [5.41, 5.74) is 0. The first-order valence-electron chi connectivity index (χ1n) is 5.23. The molecular weight excluding hydrogens is 258 g/mol. The molecule has 0 aliphatic rings. The van der Waals surface area contributed by atoms with E-state index < -0.39 is 17.3 Å². The SMILES string of the molecule is C[C@@H](N[S@@+]([O-])C(C)(C)C)c1ccc(C(=O)O)s1. The lowest BCUT2D eigenvalue weighted by atomic mass is 10.3. The molecular formula is C11H17NO3S2. The number of carbonyl (C=O) groups is 1. The molecule has 0 amide bonds. The molecule has 0 aliphatic carbocycles. The van der Waals surface area contributed by atoms with Gasteiger partial charge in [-0.1, -0.05) is 0 Å². The molecule has 1 rings (SSSR count). The summed E-state index contributed by atoms with van der Waals surface area (Å²) >= 11 is 0.0451. The van der Waals surface area contributed by atoms with Crippen LogP contribution in [0, 0.1) is 0 Å². The van der Waals surface area contributed by atoms with Crippen molar-refractivity contribution in [3.8, 4) is 0 Å². The van der Waals surface area contributed by atoms with Gasteiger partial charge >= 0.3 is 5.97 Å². The number of hydrogen-bond donors (Lipinski definition) is 2. The smallest absolute Gasteiger partial charge is 0.345 e. The second-order valence-electron chi connectivity index (χ2n) is 4.73. The largest absolute Gasteiger partial charge is 0.598 e. The van der Waals surface area contributed by atoms with Crippen molar-refractivity contribution >= 4 is 28.7 Å². The Bertz CT molecular complexity index is 398. The normalized spacial score (nSPS) is 15.6. The maximum absolute atomic E-state index is 11.9. The third-order valence-electron chi connectivity index (χ3n) is 2.10. The topological polar surface area (TPSA) is 72.4 Å². The predicted molar refractivity (Wildman–Crippen MR) is 70.7 cm³/mol. The van der Waals surface area contributed by atoms with Gasteiger partial charge in [-0.25, -0.2) is 4.79 Å². The van der Waals surface area contributed by atoms with Crippen LogP contribution in [0.25, 0.3) is 0 Å². The highest BCUT2D eigenvalue weighted by Crippen LogP contribution is 2.25. The van der Waals surface area contributed by atoms with Gasteiger partial charge in [0, 0.05) is 16.2 Å². The third-order valence-corrected chi connectivity index (χ3v) is 5.04. The zero-order valence-corrected chi connectivity index (χ0v) is 11.9. The number of rotatable bonds is 4. The minimum absolute atomic E-state index is 0.117. The summed E-state index contributed by atoms with van der Waals surface area (Å²) in [4.78, 5) is 11.9. The van der Waals surface area contributed by atoms with E-state index in [2.05, 4.69) is 4.72 Å². The van der Waals surface area contributed by atoms with Gasteiger partial charge in [-0.2, -0.15) is 0 Å². The minimum atomic E-state index is -1.16. The van der Waals surface area contributed by atoms with Crippen molar-refractivity contribution in [3.63, 3.8) is 0 Å². The first-order valence-corrected chi connectivity index (χ1v) is 7.19. The Morgan fingerprint density at radius 2 is 2.12 bits per heavy atom. The van der Waals surface area contributed by atoms with E-state index in [1.807, 2.05) is 27.7 Å². The Balaban J connectivity index is 2.70. The summed E-state index contributed by atoms with van der Waals surface area (Å²) < 4.78 is 14.5. The maximum Gasteiger partial charge on any atom is 0.345 e. The molecule has 2 atom stereocenters. The van der Waals surface area contributed by atoms with E-state index in [4.69, 9.17) is 5.11 Å². The lowest BCUT2D eigenvalue weighted by molar-refractivity contribution is 0.0702. The number of carboxylic acids is 1. The van der Waals surface area contributed by atoms with Crippen molar-refractivity contribution in [1.29, 1.82) is 0 Å². The molecule has 2 N–H and O–H groups in total. The van der Waals surface area contributed by atoms with Crippen LogP contribution in [0.15, 0.2) is 12.1 Å². The minimum Gasteiger partial charge on any atom is -0.598 e. The molecule has 0 saturated heterocycles. The molecule has 0 bridgehead atoms. The van der Waals surface area contributed by atoms with Crippen LogP contribution >= 0.6 is 11.3 Å². The van der Waals surface area contributed by atoms with Crippen LogP contribution in [0.5, 0.6) is 0 Å². The number of carboxylic acid groups (broad SMARTS) is 1. The quantitative estimate of drug-likeness (QED) is 0.828. The van der Waals surface area contributed by atoms with Crippen LogP contribution in [0.1, 0.15) is 48.3 Å². The number of hydrogen-bond acceptors (Lipinski definition) is 4. The second-order valence-corrected chi connectivity index (χ2v) is 7.84. The molecule has 0 fully saturated rings. The van der Waals surface area contributed by atoms with Crippen molar-refractivity contribution in [3.05, 3.63) is 21.9 Å². The van der Waals surface area contributed by atoms with Crippen molar-refractivity contribution in [2.24, 2.45) is 0 Å². The summed E-state index contributed by atoms with van der Waals surface area (Å²) in [5, 5.41) is 8.82. The highest BCUT2D eigenvalue weighted by molar-refractivity contribution is 7.90. The standard InChI is InChI=1S/C11H17NO3S2/c1-7(12-17(15)11(2,3)4)8-5-6-9(16-8)10(13)14/h5-7,12H,1-4H3,(H,13,14)/t7-,17+/m1/s1. The fourth-order valence-corrected chi connectivity index (χ4v) is 2.82. The van der Waals surface area contributed by atoms with Gasteiger partial charge in [-0.15, -0.1) is 16.1 Å². The maximum atomic E-state index is 11.9. The number of aromatic carboxylic acids is 1. The molecule has 17 heavy (non-hydrogen) atoms. The summed E-state index contributed by atoms with van der Waals surface area (Å²) in [6, 6.07) is 3.21. The first-order chi connectivity index (χ1) is 7.71. The molecule has 0 aliphatic heterocycles. The van der Waals surface area contributed by atoms with Crippen LogP contribution < -0.4 is 4.72 Å². The van der Waals surface area contributed by atoms with Gasteiger partial charge in [0.05, 0.1) is 6.04 Å². The monoisotopic (exact) mass is 275 g/mol. The molecule has 0 radical (unpaired) electrons. The molecule has 0 aromatic carbocycles. The Labute approximate surface area is 108 Å². The highest BCUT2D eigenvalue weighted by Gasteiger charge is 2.28. The van der Waals surface area contributed by atoms with Crippen LogP contribution in [0.3, 0.4) is 0 Å². The van der Waals surface area contributed by atoms with Crippen LogP contribution in [-0.2, 0) is 11.4 Å². The molecule has 96 valence electrons. The Morgan fingerprint density at radius 3 is 2.53 bits per heavy atom. The zero-order valence-electron chi connectivity index (χ0n) is 10.3. The Morgan fingerprint density at radius 1 is 1.53 bits per heavy atom. The highest BCUT2D eigenvalue weighted by atomic mass is 32.2. The zero-order chi connectivity index (χ0) is 13.2. The first kappa shape index (κ1) is 14.5. The van der Waals surface area contributed by atoms with Crippen molar-refractivity contribution < 1.29 is 14.5 Å². The fourth-order valence-electron chi connectivity index (χ4n) is 1.10. The average molecular weight is 275 g/mol. The molecule has 1 aromatic heterocycles. The second kappa shape index (κ2) is 5.39. The van der Waals surface area contributed by atoms with E-state index in [0.29, 0.717) is 4.88 Å². The lowest BCUT2D eigenvalue weighted by Crippen LogP contribution is -2.40. The van der Waals surface area contributed by atoms with Crippen LogP contribution in [0.2, 0.25) is 0 Å². The molecule has 1 heterocycles. The molecule has 0 saturated carbocycles. The van der Waals surface area contributed by atoms with Gasteiger partial charge in [-0.3, -0.25) is 0 Å². The third kappa shape index (κ3) is 3.99. The van der Waals surface area contributed by atoms with Crippen LogP contribution in [0.4, 0.5) is 0 Å². The molecule has 4 nitrogen and oxygen atoms in total. The molecule has 0 spiro atoms. The summed E-state index contributed by atoms with van der Waals surface area (Å²) in [5.74, 6) is -0.926. The van der Waals surface area contributed by atoms with Crippen LogP contribution in [-0.4, -0.2) is 20.4 Å². The van der Waals surface area contributed by atoms with E-state index in [9.17, 15) is 9.35 Å². The van der Waals surface area contributed by atoms with Gasteiger partial charge in [0.2, 0.25) is 0 Å². The van der Waals surface area contributed by atoms with E-state index in [1.54, 1.807) is 12.1 Å². The van der Waals surface area contributed by atoms with E-state index in [1.165, 1.54) is 11.3 Å². The van der Waals surface area contributed by atoms with Crippen molar-refractivity contribution in [1.82, 2.24) is 4.72 Å². The predicted octanol–water partition coefficient (Wildman–Crippen LogP) is 2.56. The number of nitrogens with one attached hydrogen (secondary N) is 1. The van der Waals surface area contributed by atoms with Gasteiger partial charge < -0.3 is 9.66 Å². The molecule has 1 aromatic rings. The van der Waals surface area contributed by atoms with Gasteiger partial charge in [0.15, 0.2) is 0 Å². The van der Waals surface area contributed by atoms with E-state index in [-0.39, 0.29) is 10.8 Å². The summed E-state index contributed by atoms with van der Waals surface area (Å²) in [6.45, 7) is 7.54. The Kier molecular flexibility index (Phi) is 4.60. The fraction of sp³-hybridized carbons (Fsp3) is 0.545. The number of thiophene rings is 1. The summed E-state index contributed by atoms with van der Waals surface area (Å²) in [7, 11) is 0. The summed E-state index contributed by atoms with van der Waals surface area (Å²) in [6.07, 6.45) is 0. The van der Waals surface area contributed by atoms with Gasteiger partial charge in [0.1, 0.15) is 9.62 Å². The van der Waals surface area contributed by atoms with Crippen molar-refractivity contribution in [2.45, 2.75) is 38.5 Å². The average Bonchev–Trinajstić information content (AvgIpc) is 2.64. The molecule has 0 unspecified atom stereocenters.